The van der Waals surface area contributed by atoms with Crippen LogP contribution in [0, 0.1) is 0 Å². The molecule has 13 heteroatoms. The van der Waals surface area contributed by atoms with Gasteiger partial charge in [0.2, 0.25) is 0 Å². The number of nitrogens with zero attached hydrogens (tertiary/aromatic N) is 5. The number of benzene rings is 1. The van der Waals surface area contributed by atoms with Crippen LogP contribution in [0.25, 0.3) is 5.69 Å². The Balaban J connectivity index is 1.80. The Hall–Kier alpha value is -2.80. The molecule has 0 bridgehead atoms. The predicted octanol–water partition coefficient (Wildman–Crippen LogP) is 3.31. The molecule has 4 rings (SSSR count). The van der Waals surface area contributed by atoms with Crippen molar-refractivity contribution >= 4 is 21.4 Å². The zero-order valence-electron chi connectivity index (χ0n) is 21.3. The first kappa shape index (κ1) is 27.2. The van der Waals surface area contributed by atoms with E-state index in [1.165, 1.54) is 33.7 Å². The summed E-state index contributed by atoms with van der Waals surface area (Å²) in [6, 6.07) is 5.34. The van der Waals surface area contributed by atoms with Crippen LogP contribution >= 0.6 is 11.6 Å². The third-order valence-corrected chi connectivity index (χ3v) is 8.80. The highest BCUT2D eigenvalue weighted by Crippen LogP contribution is 2.39. The van der Waals surface area contributed by atoms with Gasteiger partial charge in [0.1, 0.15) is 34.9 Å². The van der Waals surface area contributed by atoms with Gasteiger partial charge in [-0.25, -0.2) is 18.4 Å². The molecular weight excluding hydrogens is 522 g/mol. The van der Waals surface area contributed by atoms with Crippen molar-refractivity contribution in [2.75, 3.05) is 27.9 Å². The molecule has 1 fully saturated rings. The zero-order valence-corrected chi connectivity index (χ0v) is 22.9. The first-order valence-corrected chi connectivity index (χ1v) is 13.8. The quantitative estimate of drug-likeness (QED) is 0.370. The number of methoxy groups -OCH3 is 3. The maximum absolute atomic E-state index is 13.7. The fourth-order valence-electron chi connectivity index (χ4n) is 4.51. The molecule has 0 unspecified atom stereocenters. The minimum Gasteiger partial charge on any atom is -0.494 e. The highest BCUT2D eigenvalue weighted by atomic mass is 35.5. The lowest BCUT2D eigenvalue weighted by atomic mass is 10.0. The minimum atomic E-state index is -3.85. The van der Waals surface area contributed by atoms with Gasteiger partial charge in [0.15, 0.2) is 21.5 Å². The second-order valence-electron chi connectivity index (χ2n) is 8.72. The van der Waals surface area contributed by atoms with Gasteiger partial charge in [-0.15, -0.1) is 10.2 Å². The summed E-state index contributed by atoms with van der Waals surface area (Å²) in [6.45, 7) is 4.09. The standard InChI is InChI=1S/C24H30ClN5O6S/c1-14-17(9-10-36-14)24-29-28-20(30(24)21-18(33-3)7-6-8-19(21)34-4)13-37(31,32)15(2)22(35-5)23-26-11-16(25)12-27-23/h6-8,11-12,14-15,17,22H,9-10,13H2,1-5H3/t14-,15+,17-,22+/m1/s1. The molecule has 0 amide bonds. The largest absolute Gasteiger partial charge is 0.494 e. The van der Waals surface area contributed by atoms with Gasteiger partial charge >= 0.3 is 0 Å². The monoisotopic (exact) mass is 551 g/mol. The third kappa shape index (κ3) is 5.42. The number of hydrogen-bond donors (Lipinski definition) is 0. The van der Waals surface area contributed by atoms with Crippen LogP contribution in [0.2, 0.25) is 5.02 Å². The fourth-order valence-corrected chi connectivity index (χ4v) is 6.02. The van der Waals surface area contributed by atoms with Crippen LogP contribution < -0.4 is 9.47 Å². The van der Waals surface area contributed by atoms with E-state index in [0.717, 1.165) is 6.42 Å². The van der Waals surface area contributed by atoms with Gasteiger partial charge in [0, 0.05) is 32.0 Å². The van der Waals surface area contributed by atoms with E-state index in [0.29, 0.717) is 34.6 Å². The molecule has 1 aliphatic rings. The molecule has 4 atom stereocenters. The molecular formula is C24H30ClN5O6S. The summed E-state index contributed by atoms with van der Waals surface area (Å²) in [5.74, 6) is 1.48. The molecule has 3 aromatic rings. The average molecular weight is 552 g/mol. The van der Waals surface area contributed by atoms with Crippen molar-refractivity contribution in [3.8, 4) is 17.2 Å². The Morgan fingerprint density at radius 3 is 2.32 bits per heavy atom. The summed E-state index contributed by atoms with van der Waals surface area (Å²) in [5, 5.41) is 8.12. The van der Waals surface area contributed by atoms with Crippen LogP contribution in [0.3, 0.4) is 0 Å². The first-order chi connectivity index (χ1) is 17.7. The summed E-state index contributed by atoms with van der Waals surface area (Å²) in [4.78, 5) is 8.31. The van der Waals surface area contributed by atoms with E-state index < -0.39 is 26.9 Å². The first-order valence-electron chi connectivity index (χ1n) is 11.7. The van der Waals surface area contributed by atoms with E-state index in [2.05, 4.69) is 20.2 Å². The zero-order chi connectivity index (χ0) is 26.7. The molecule has 1 aromatic carbocycles. The molecule has 1 saturated heterocycles. The van der Waals surface area contributed by atoms with Crippen LogP contribution in [0.5, 0.6) is 11.5 Å². The summed E-state index contributed by atoms with van der Waals surface area (Å²) in [7, 11) is 0.641. The number of hydrogen-bond acceptors (Lipinski definition) is 10. The number of ether oxygens (including phenoxy) is 4. The lowest BCUT2D eigenvalue weighted by Gasteiger charge is -2.23. The van der Waals surface area contributed by atoms with Gasteiger partial charge < -0.3 is 18.9 Å². The van der Waals surface area contributed by atoms with Crippen molar-refractivity contribution in [3.05, 3.63) is 53.1 Å². The number of aromatic nitrogens is 5. The van der Waals surface area contributed by atoms with Crippen LogP contribution in [0.1, 0.15) is 49.8 Å². The molecule has 1 aliphatic heterocycles. The van der Waals surface area contributed by atoms with Crippen LogP contribution in [0.15, 0.2) is 30.6 Å². The minimum absolute atomic E-state index is 0.0924. The van der Waals surface area contributed by atoms with Gasteiger partial charge in [0.25, 0.3) is 0 Å². The predicted molar refractivity (Wildman–Crippen MR) is 136 cm³/mol. The highest BCUT2D eigenvalue weighted by Gasteiger charge is 2.37. The van der Waals surface area contributed by atoms with E-state index in [9.17, 15) is 8.42 Å². The second kappa shape index (κ2) is 11.3. The molecule has 0 saturated carbocycles. The maximum Gasteiger partial charge on any atom is 0.163 e. The van der Waals surface area contributed by atoms with Crippen molar-refractivity contribution in [2.45, 2.75) is 49.4 Å². The number of para-hydroxylation sites is 1. The fraction of sp³-hybridized carbons (Fsp3) is 0.500. The maximum atomic E-state index is 13.7. The SMILES string of the molecule is COc1cccc(OC)c1-n1c(CS(=O)(=O)[C@@H](C)[C@H](OC)c2ncc(Cl)cn2)nnc1[C@@H]1CCO[C@@H]1C. The van der Waals surface area contributed by atoms with Gasteiger partial charge in [-0.3, -0.25) is 4.57 Å². The van der Waals surface area contributed by atoms with Gasteiger partial charge in [0.05, 0.1) is 30.6 Å². The van der Waals surface area contributed by atoms with Crippen molar-refractivity contribution in [1.82, 2.24) is 24.7 Å². The Morgan fingerprint density at radius 2 is 1.78 bits per heavy atom. The third-order valence-electron chi connectivity index (χ3n) is 6.56. The Bertz CT molecular complexity index is 1310. The van der Waals surface area contributed by atoms with E-state index in [-0.39, 0.29) is 23.7 Å². The molecule has 0 N–H and O–H groups in total. The average Bonchev–Trinajstić information content (AvgIpc) is 3.49. The lowest BCUT2D eigenvalue weighted by molar-refractivity contribution is 0.0948. The van der Waals surface area contributed by atoms with Gasteiger partial charge in [-0.1, -0.05) is 17.7 Å². The summed E-state index contributed by atoms with van der Waals surface area (Å²) in [6.07, 6.45) is 2.49. The van der Waals surface area contributed by atoms with Gasteiger partial charge in [-0.2, -0.15) is 0 Å². The van der Waals surface area contributed by atoms with Crippen LogP contribution in [0.4, 0.5) is 0 Å². The van der Waals surface area contributed by atoms with E-state index in [1.807, 2.05) is 6.92 Å². The summed E-state index contributed by atoms with van der Waals surface area (Å²) < 4.78 is 51.6. The van der Waals surface area contributed by atoms with Crippen molar-refractivity contribution in [3.63, 3.8) is 0 Å². The summed E-state index contributed by atoms with van der Waals surface area (Å²) in [5.41, 5.74) is 0.522. The molecule has 0 radical (unpaired) electrons. The van der Waals surface area contributed by atoms with E-state index in [4.69, 9.17) is 30.5 Å². The summed E-state index contributed by atoms with van der Waals surface area (Å²) >= 11 is 5.90. The molecule has 2 aromatic heterocycles. The van der Waals surface area contributed by atoms with E-state index in [1.54, 1.807) is 29.7 Å². The molecule has 37 heavy (non-hydrogen) atoms. The Morgan fingerprint density at radius 1 is 1.14 bits per heavy atom. The highest BCUT2D eigenvalue weighted by molar-refractivity contribution is 7.91. The normalized spacial score (nSPS) is 19.5. The van der Waals surface area contributed by atoms with Gasteiger partial charge in [-0.05, 0) is 32.4 Å². The molecule has 0 aliphatic carbocycles. The number of sulfone groups is 1. The smallest absolute Gasteiger partial charge is 0.163 e. The van der Waals surface area contributed by atoms with Crippen molar-refractivity contribution in [2.24, 2.45) is 0 Å². The van der Waals surface area contributed by atoms with Crippen molar-refractivity contribution < 1.29 is 27.4 Å². The number of halogens is 1. The Labute approximate surface area is 221 Å². The van der Waals surface area contributed by atoms with E-state index >= 15 is 0 Å². The second-order valence-corrected chi connectivity index (χ2v) is 11.5. The van der Waals surface area contributed by atoms with Crippen molar-refractivity contribution in [1.29, 1.82) is 0 Å². The molecule has 11 nitrogen and oxygen atoms in total. The van der Waals surface area contributed by atoms with Crippen LogP contribution in [-0.4, -0.2) is 72.4 Å². The Kier molecular flexibility index (Phi) is 8.32. The van der Waals surface area contributed by atoms with Crippen LogP contribution in [-0.2, 0) is 25.1 Å². The molecule has 3 heterocycles. The molecule has 0 spiro atoms. The topological polar surface area (TPSA) is 128 Å². The number of rotatable bonds is 10. The lowest BCUT2D eigenvalue weighted by Crippen LogP contribution is -2.30. The molecule has 200 valence electrons.